The van der Waals surface area contributed by atoms with E-state index in [4.69, 9.17) is 0 Å². The Kier molecular flexibility index (Phi) is 5.99. The summed E-state index contributed by atoms with van der Waals surface area (Å²) < 4.78 is 0. The van der Waals surface area contributed by atoms with Crippen molar-refractivity contribution in [1.29, 1.82) is 0 Å². The van der Waals surface area contributed by atoms with Gasteiger partial charge in [0, 0.05) is 32.1 Å². The Morgan fingerprint density at radius 2 is 1.81 bits per heavy atom. The number of hydrogen-bond donors (Lipinski definition) is 1. The highest BCUT2D eigenvalue weighted by Gasteiger charge is 2.28. The normalized spacial score (nSPS) is 17.1. The van der Waals surface area contributed by atoms with Crippen LogP contribution in [-0.4, -0.2) is 39.9 Å². The number of nitrogens with zero attached hydrogens (tertiary/aromatic N) is 3. The van der Waals surface area contributed by atoms with E-state index in [0.717, 1.165) is 48.7 Å². The summed E-state index contributed by atoms with van der Waals surface area (Å²) in [5, 5.41) is 3.49. The second kappa shape index (κ2) is 8.41. The topological polar surface area (TPSA) is 58.1 Å². The van der Waals surface area contributed by atoms with E-state index in [-0.39, 0.29) is 11.9 Å². The van der Waals surface area contributed by atoms with Gasteiger partial charge in [0.1, 0.15) is 0 Å². The average Bonchev–Trinajstić information content (AvgIpc) is 2.98. The highest BCUT2D eigenvalue weighted by atomic mass is 16.2. The monoisotopic (exact) mass is 352 g/mol. The zero-order valence-electron chi connectivity index (χ0n) is 16.0. The van der Waals surface area contributed by atoms with Crippen LogP contribution in [0.1, 0.15) is 41.2 Å². The molecule has 1 fully saturated rings. The van der Waals surface area contributed by atoms with Gasteiger partial charge in [-0.15, -0.1) is 0 Å². The van der Waals surface area contributed by atoms with E-state index in [1.54, 1.807) is 0 Å². The molecule has 1 N–H and O–H groups in total. The molecular formula is C21H28N4O. The van der Waals surface area contributed by atoms with Gasteiger partial charge in [0.25, 0.3) is 0 Å². The summed E-state index contributed by atoms with van der Waals surface area (Å²) in [5.41, 5.74) is 5.22. The Bertz CT molecular complexity index is 760. The lowest BCUT2D eigenvalue weighted by molar-refractivity contribution is -0.127. The van der Waals surface area contributed by atoms with Gasteiger partial charge in [0.15, 0.2) is 0 Å². The fraction of sp³-hybridized carbons (Fsp3) is 0.476. The van der Waals surface area contributed by atoms with Crippen molar-refractivity contribution in [1.82, 2.24) is 20.2 Å². The summed E-state index contributed by atoms with van der Waals surface area (Å²) in [5.74, 6) is 0.249. The minimum absolute atomic E-state index is 0.196. The Hall–Kier alpha value is -2.27. The molecule has 3 rings (SSSR count). The van der Waals surface area contributed by atoms with Gasteiger partial charge in [-0.1, -0.05) is 30.3 Å². The smallest absolute Gasteiger partial charge is 0.224 e. The van der Waals surface area contributed by atoms with Gasteiger partial charge in [0.05, 0.1) is 22.8 Å². The molecule has 0 spiro atoms. The Labute approximate surface area is 155 Å². The van der Waals surface area contributed by atoms with Crippen LogP contribution in [0.3, 0.4) is 0 Å². The number of hydrogen-bond acceptors (Lipinski definition) is 4. The first-order valence-electron chi connectivity index (χ1n) is 9.38. The summed E-state index contributed by atoms with van der Waals surface area (Å²) in [6.45, 7) is 8.23. The van der Waals surface area contributed by atoms with Gasteiger partial charge < -0.3 is 10.2 Å². The fourth-order valence-electron chi connectivity index (χ4n) is 3.41. The number of nitrogens with one attached hydrogen (secondary N) is 1. The number of aryl methyl sites for hydroxylation is 4. The molecule has 26 heavy (non-hydrogen) atoms. The first-order valence-corrected chi connectivity index (χ1v) is 9.38. The highest BCUT2D eigenvalue weighted by molar-refractivity contribution is 5.79. The average molecular weight is 352 g/mol. The van der Waals surface area contributed by atoms with Gasteiger partial charge in [-0.05, 0) is 39.2 Å². The molecule has 5 nitrogen and oxygen atoms in total. The molecule has 0 saturated carbocycles. The molecule has 138 valence electrons. The van der Waals surface area contributed by atoms with Crippen molar-refractivity contribution in [2.75, 3.05) is 13.1 Å². The van der Waals surface area contributed by atoms with E-state index < -0.39 is 0 Å². The molecule has 2 heterocycles. The van der Waals surface area contributed by atoms with Gasteiger partial charge in [-0.3, -0.25) is 14.8 Å². The number of aromatic nitrogens is 2. The van der Waals surface area contributed by atoms with Crippen molar-refractivity contribution in [2.24, 2.45) is 0 Å². The lowest BCUT2D eigenvalue weighted by Crippen LogP contribution is -2.33. The van der Waals surface area contributed by atoms with Crippen LogP contribution in [0.25, 0.3) is 0 Å². The molecule has 5 heteroatoms. The van der Waals surface area contributed by atoms with Gasteiger partial charge >= 0.3 is 0 Å². The third kappa shape index (κ3) is 4.67. The maximum atomic E-state index is 12.3. The Balaban J connectivity index is 1.46. The lowest BCUT2D eigenvalue weighted by Gasteiger charge is -2.17. The SMILES string of the molecule is Cc1nc(C)c(CN[C@H]2CC(=O)N(CCCc3ccccc3)C2)nc1C. The minimum Gasteiger partial charge on any atom is -0.341 e. The second-order valence-electron chi connectivity index (χ2n) is 7.14. The van der Waals surface area contributed by atoms with Crippen LogP contribution in [0, 0.1) is 20.8 Å². The maximum Gasteiger partial charge on any atom is 0.224 e. The van der Waals surface area contributed by atoms with E-state index in [1.807, 2.05) is 31.7 Å². The predicted molar refractivity (Wildman–Crippen MR) is 103 cm³/mol. The van der Waals surface area contributed by atoms with Crippen LogP contribution in [-0.2, 0) is 17.8 Å². The zero-order chi connectivity index (χ0) is 18.5. The first-order chi connectivity index (χ1) is 12.5. The summed E-state index contributed by atoms with van der Waals surface area (Å²) in [6, 6.07) is 10.6. The van der Waals surface area contributed by atoms with Crippen LogP contribution in [0.2, 0.25) is 0 Å². The molecule has 1 amide bonds. The van der Waals surface area contributed by atoms with Crippen LogP contribution >= 0.6 is 0 Å². The molecule has 1 aliphatic rings. The molecule has 0 radical (unpaired) electrons. The van der Waals surface area contributed by atoms with Crippen molar-refractivity contribution in [2.45, 2.75) is 52.6 Å². The van der Waals surface area contributed by atoms with Crippen molar-refractivity contribution in [3.05, 3.63) is 58.7 Å². The second-order valence-corrected chi connectivity index (χ2v) is 7.14. The van der Waals surface area contributed by atoms with Gasteiger partial charge in [-0.25, -0.2) is 0 Å². The van der Waals surface area contributed by atoms with E-state index in [9.17, 15) is 4.79 Å². The number of benzene rings is 1. The van der Waals surface area contributed by atoms with Crippen molar-refractivity contribution in [3.63, 3.8) is 0 Å². The van der Waals surface area contributed by atoms with E-state index in [0.29, 0.717) is 13.0 Å². The van der Waals surface area contributed by atoms with E-state index in [2.05, 4.69) is 39.6 Å². The number of rotatable bonds is 7. The fourth-order valence-corrected chi connectivity index (χ4v) is 3.41. The molecule has 1 aliphatic heterocycles. The summed E-state index contributed by atoms with van der Waals surface area (Å²) in [4.78, 5) is 23.4. The molecule has 1 aromatic heterocycles. The largest absolute Gasteiger partial charge is 0.341 e. The standard InChI is InChI=1S/C21H28N4O/c1-15-16(2)24-20(17(3)23-15)13-22-19-12-21(26)25(14-19)11-7-10-18-8-5-4-6-9-18/h4-6,8-9,19,22H,7,10-14H2,1-3H3/t19-/m0/s1. The molecule has 0 unspecified atom stereocenters. The van der Waals surface area contributed by atoms with Crippen molar-refractivity contribution < 1.29 is 4.79 Å². The van der Waals surface area contributed by atoms with E-state index >= 15 is 0 Å². The van der Waals surface area contributed by atoms with E-state index in [1.165, 1.54) is 5.56 Å². The molecule has 1 saturated heterocycles. The minimum atomic E-state index is 0.196. The maximum absolute atomic E-state index is 12.3. The molecule has 1 aromatic carbocycles. The summed E-state index contributed by atoms with van der Waals surface area (Å²) in [7, 11) is 0. The Morgan fingerprint density at radius 3 is 2.58 bits per heavy atom. The summed E-state index contributed by atoms with van der Waals surface area (Å²) in [6.07, 6.45) is 2.59. The number of amides is 1. The summed E-state index contributed by atoms with van der Waals surface area (Å²) >= 11 is 0. The lowest BCUT2D eigenvalue weighted by atomic mass is 10.1. The van der Waals surface area contributed by atoms with Gasteiger partial charge in [-0.2, -0.15) is 0 Å². The molecule has 2 aromatic rings. The Morgan fingerprint density at radius 1 is 1.08 bits per heavy atom. The van der Waals surface area contributed by atoms with Crippen LogP contribution in [0.5, 0.6) is 0 Å². The predicted octanol–water partition coefficient (Wildman–Crippen LogP) is 2.73. The van der Waals surface area contributed by atoms with Crippen molar-refractivity contribution in [3.8, 4) is 0 Å². The number of likely N-dealkylation sites (tertiary alicyclic amines) is 1. The third-order valence-corrected chi connectivity index (χ3v) is 5.09. The van der Waals surface area contributed by atoms with Crippen molar-refractivity contribution >= 4 is 5.91 Å². The first kappa shape index (κ1) is 18.5. The molecular weight excluding hydrogens is 324 g/mol. The third-order valence-electron chi connectivity index (χ3n) is 5.09. The zero-order valence-corrected chi connectivity index (χ0v) is 16.0. The van der Waals surface area contributed by atoms with Crippen LogP contribution in [0.4, 0.5) is 0 Å². The van der Waals surface area contributed by atoms with Gasteiger partial charge in [0.2, 0.25) is 5.91 Å². The number of carbonyl (C=O) groups is 1. The van der Waals surface area contributed by atoms with Crippen LogP contribution < -0.4 is 5.32 Å². The number of carbonyl (C=O) groups excluding carboxylic acids is 1. The quantitative estimate of drug-likeness (QED) is 0.832. The molecule has 1 atom stereocenters. The highest BCUT2D eigenvalue weighted by Crippen LogP contribution is 2.14. The molecule has 0 bridgehead atoms. The van der Waals surface area contributed by atoms with Crippen LogP contribution in [0.15, 0.2) is 30.3 Å². The molecule has 0 aliphatic carbocycles.